The van der Waals surface area contributed by atoms with Crippen molar-refractivity contribution in [2.75, 3.05) is 6.54 Å². The van der Waals surface area contributed by atoms with Crippen molar-refractivity contribution in [2.45, 2.75) is 25.9 Å². The molecule has 0 radical (unpaired) electrons. The van der Waals surface area contributed by atoms with E-state index in [4.69, 9.17) is 5.73 Å². The van der Waals surface area contributed by atoms with Gasteiger partial charge in [0.15, 0.2) is 0 Å². The van der Waals surface area contributed by atoms with E-state index >= 15 is 0 Å². The van der Waals surface area contributed by atoms with Crippen molar-refractivity contribution in [2.24, 2.45) is 5.73 Å². The fourth-order valence-corrected chi connectivity index (χ4v) is 1.76. The van der Waals surface area contributed by atoms with Crippen molar-refractivity contribution >= 4 is 5.52 Å². The first-order valence-corrected chi connectivity index (χ1v) is 5.66. The molecule has 2 heterocycles. The molecule has 0 saturated carbocycles. The lowest BCUT2D eigenvalue weighted by Gasteiger charge is -2.11. The number of hydrogen-bond acceptors (Lipinski definition) is 3. The molecule has 1 atom stereocenters. The maximum absolute atomic E-state index is 5.51. The predicted molar refractivity (Wildman–Crippen MR) is 65.2 cm³/mol. The highest BCUT2D eigenvalue weighted by atomic mass is 15.2. The lowest BCUT2D eigenvalue weighted by Crippen LogP contribution is -2.27. The fraction of sp³-hybridized carbons (Fsp3) is 0.417. The van der Waals surface area contributed by atoms with E-state index in [0.29, 0.717) is 6.04 Å². The molecule has 0 aromatic carbocycles. The molecule has 2 aromatic rings. The third kappa shape index (κ3) is 2.40. The van der Waals surface area contributed by atoms with Gasteiger partial charge in [0.1, 0.15) is 0 Å². The highest BCUT2D eigenvalue weighted by Crippen LogP contribution is 2.09. The average molecular weight is 218 g/mol. The van der Waals surface area contributed by atoms with E-state index in [1.807, 2.05) is 29.0 Å². The van der Waals surface area contributed by atoms with Gasteiger partial charge in [-0.1, -0.05) is 6.07 Å². The quantitative estimate of drug-likeness (QED) is 0.792. The first-order chi connectivity index (χ1) is 7.81. The number of hydrogen-bond donors (Lipinski definition) is 2. The summed E-state index contributed by atoms with van der Waals surface area (Å²) in [7, 11) is 0. The Morgan fingerprint density at radius 1 is 1.50 bits per heavy atom. The van der Waals surface area contributed by atoms with Crippen molar-refractivity contribution in [1.82, 2.24) is 14.9 Å². The first kappa shape index (κ1) is 11.1. The van der Waals surface area contributed by atoms with Gasteiger partial charge in [-0.3, -0.25) is 0 Å². The molecule has 0 fully saturated rings. The average Bonchev–Trinajstić information content (AvgIpc) is 2.70. The summed E-state index contributed by atoms with van der Waals surface area (Å²) in [6.45, 7) is 3.72. The van der Waals surface area contributed by atoms with E-state index in [-0.39, 0.29) is 0 Å². The molecule has 0 aliphatic carbocycles. The van der Waals surface area contributed by atoms with Crippen LogP contribution in [0.4, 0.5) is 0 Å². The summed E-state index contributed by atoms with van der Waals surface area (Å²) >= 11 is 0. The number of pyridine rings is 1. The summed E-state index contributed by atoms with van der Waals surface area (Å²) in [5.74, 6) is 0. The number of nitrogens with one attached hydrogen (secondary N) is 1. The molecule has 0 saturated heterocycles. The molecule has 0 spiro atoms. The molecule has 4 heteroatoms. The Morgan fingerprint density at radius 3 is 3.19 bits per heavy atom. The van der Waals surface area contributed by atoms with E-state index in [2.05, 4.69) is 23.4 Å². The molecule has 3 N–H and O–H groups in total. The molecule has 0 aliphatic rings. The Bertz CT molecular complexity index is 449. The molecule has 0 bridgehead atoms. The van der Waals surface area contributed by atoms with Crippen LogP contribution < -0.4 is 11.1 Å². The summed E-state index contributed by atoms with van der Waals surface area (Å²) < 4.78 is 1.89. The van der Waals surface area contributed by atoms with Gasteiger partial charge in [0.25, 0.3) is 0 Å². The predicted octanol–water partition coefficient (Wildman–Crippen LogP) is 1.16. The van der Waals surface area contributed by atoms with E-state index in [1.54, 1.807) is 0 Å². The summed E-state index contributed by atoms with van der Waals surface area (Å²) in [5.41, 5.74) is 7.90. The van der Waals surface area contributed by atoms with E-state index in [0.717, 1.165) is 25.0 Å². The Hall–Kier alpha value is -1.39. The zero-order valence-corrected chi connectivity index (χ0v) is 9.56. The van der Waals surface area contributed by atoms with E-state index in [9.17, 15) is 0 Å². The minimum Gasteiger partial charge on any atom is -0.330 e. The van der Waals surface area contributed by atoms with Crippen molar-refractivity contribution in [3.63, 3.8) is 0 Å². The fourth-order valence-electron chi connectivity index (χ4n) is 1.76. The second-order valence-electron chi connectivity index (χ2n) is 4.06. The Labute approximate surface area is 95.5 Å². The van der Waals surface area contributed by atoms with Crippen LogP contribution in [-0.2, 0) is 6.54 Å². The van der Waals surface area contributed by atoms with Crippen molar-refractivity contribution in [1.29, 1.82) is 0 Å². The van der Waals surface area contributed by atoms with E-state index < -0.39 is 0 Å². The van der Waals surface area contributed by atoms with Crippen LogP contribution in [0.25, 0.3) is 5.52 Å². The molecule has 0 amide bonds. The largest absolute Gasteiger partial charge is 0.330 e. The van der Waals surface area contributed by atoms with Crippen LogP contribution in [0, 0.1) is 0 Å². The molecule has 86 valence electrons. The monoisotopic (exact) mass is 218 g/mol. The minimum atomic E-state index is 0.448. The standard InChI is InChI=1S/C12H18N4/c1-10(5-6-13)14-8-11-9-15-16-7-3-2-4-12(11)16/h2-4,7,9-10,14H,5-6,8,13H2,1H3. The van der Waals surface area contributed by atoms with Gasteiger partial charge in [-0.2, -0.15) is 5.10 Å². The minimum absolute atomic E-state index is 0.448. The summed E-state index contributed by atoms with van der Waals surface area (Å²) in [5, 5.41) is 7.74. The maximum Gasteiger partial charge on any atom is 0.0706 e. The molecule has 16 heavy (non-hydrogen) atoms. The second-order valence-corrected chi connectivity index (χ2v) is 4.06. The first-order valence-electron chi connectivity index (χ1n) is 5.66. The van der Waals surface area contributed by atoms with Crippen LogP contribution in [0.2, 0.25) is 0 Å². The molecule has 4 nitrogen and oxygen atoms in total. The van der Waals surface area contributed by atoms with Gasteiger partial charge in [-0.25, -0.2) is 4.52 Å². The van der Waals surface area contributed by atoms with Crippen molar-refractivity contribution in [3.8, 4) is 0 Å². The Morgan fingerprint density at radius 2 is 2.38 bits per heavy atom. The van der Waals surface area contributed by atoms with Crippen LogP contribution in [0.1, 0.15) is 18.9 Å². The molecule has 1 unspecified atom stereocenters. The molecule has 2 aromatic heterocycles. The lowest BCUT2D eigenvalue weighted by atomic mass is 10.2. The highest BCUT2D eigenvalue weighted by molar-refractivity contribution is 5.53. The van der Waals surface area contributed by atoms with Gasteiger partial charge in [-0.05, 0) is 32.0 Å². The van der Waals surface area contributed by atoms with Gasteiger partial charge in [-0.15, -0.1) is 0 Å². The number of fused-ring (bicyclic) bond motifs is 1. The van der Waals surface area contributed by atoms with Crippen LogP contribution in [0.5, 0.6) is 0 Å². The van der Waals surface area contributed by atoms with Crippen LogP contribution >= 0.6 is 0 Å². The third-order valence-corrected chi connectivity index (χ3v) is 2.75. The maximum atomic E-state index is 5.51. The van der Waals surface area contributed by atoms with E-state index in [1.165, 1.54) is 5.56 Å². The van der Waals surface area contributed by atoms with Gasteiger partial charge < -0.3 is 11.1 Å². The molecule has 2 rings (SSSR count). The second kappa shape index (κ2) is 5.09. The normalized spacial score (nSPS) is 13.1. The van der Waals surface area contributed by atoms with Crippen molar-refractivity contribution < 1.29 is 0 Å². The number of nitrogens with zero attached hydrogens (tertiary/aromatic N) is 2. The lowest BCUT2D eigenvalue weighted by molar-refractivity contribution is 0.521. The van der Waals surface area contributed by atoms with Crippen LogP contribution in [0.15, 0.2) is 30.6 Å². The van der Waals surface area contributed by atoms with Gasteiger partial charge in [0.2, 0.25) is 0 Å². The molecule has 0 aliphatic heterocycles. The number of nitrogens with two attached hydrogens (primary N) is 1. The van der Waals surface area contributed by atoms with Gasteiger partial charge >= 0.3 is 0 Å². The zero-order chi connectivity index (χ0) is 11.4. The topological polar surface area (TPSA) is 55.3 Å². The van der Waals surface area contributed by atoms with Gasteiger partial charge in [0.05, 0.1) is 11.7 Å². The molecular weight excluding hydrogens is 200 g/mol. The molecular formula is C12H18N4. The SMILES string of the molecule is CC(CCN)NCc1cnn2ccccc12. The Balaban J connectivity index is 2.04. The number of rotatable bonds is 5. The smallest absolute Gasteiger partial charge is 0.0706 e. The van der Waals surface area contributed by atoms with Gasteiger partial charge in [0, 0.05) is 24.3 Å². The summed E-state index contributed by atoms with van der Waals surface area (Å²) in [4.78, 5) is 0. The van der Waals surface area contributed by atoms with Crippen LogP contribution in [0.3, 0.4) is 0 Å². The third-order valence-electron chi connectivity index (χ3n) is 2.75. The highest BCUT2D eigenvalue weighted by Gasteiger charge is 2.04. The number of aromatic nitrogens is 2. The van der Waals surface area contributed by atoms with Crippen molar-refractivity contribution in [3.05, 3.63) is 36.2 Å². The summed E-state index contributed by atoms with van der Waals surface area (Å²) in [6.07, 6.45) is 4.87. The van der Waals surface area contributed by atoms with Crippen LogP contribution in [-0.4, -0.2) is 22.2 Å². The zero-order valence-electron chi connectivity index (χ0n) is 9.56. The Kier molecular flexibility index (Phi) is 3.54. The summed E-state index contributed by atoms with van der Waals surface area (Å²) in [6, 6.07) is 6.54.